The molecule has 10 heteroatoms. The van der Waals surface area contributed by atoms with E-state index in [0.29, 0.717) is 12.1 Å². The molecule has 3 nitrogen and oxygen atoms in total. The third-order valence-corrected chi connectivity index (χ3v) is 4.36. The fraction of sp³-hybridized carbons (Fsp3) is 0.333. The van der Waals surface area contributed by atoms with Crippen molar-refractivity contribution in [3.8, 4) is 0 Å². The number of benzene rings is 1. The van der Waals surface area contributed by atoms with Crippen LogP contribution in [0.15, 0.2) is 21.5 Å². The summed E-state index contributed by atoms with van der Waals surface area (Å²) in [5, 5.41) is 0. The zero-order chi connectivity index (χ0) is 14.8. The van der Waals surface area contributed by atoms with Crippen LogP contribution in [0.5, 0.6) is 0 Å². The van der Waals surface area contributed by atoms with Gasteiger partial charge in [-0.25, -0.2) is 21.9 Å². The van der Waals surface area contributed by atoms with Gasteiger partial charge in [0.15, 0.2) is 0 Å². The third-order valence-electron chi connectivity index (χ3n) is 1.93. The number of nitrogens with one attached hydrogen (secondary N) is 1. The molecular formula is C9H7BrF5NO2S. The first-order valence-electron chi connectivity index (χ1n) is 4.74. The molecule has 0 radical (unpaired) electrons. The summed E-state index contributed by atoms with van der Waals surface area (Å²) < 4.78 is 86.1. The predicted octanol–water partition coefficient (Wildman–Crippen LogP) is 2.96. The van der Waals surface area contributed by atoms with Crippen LogP contribution in [0.3, 0.4) is 0 Å². The van der Waals surface area contributed by atoms with Gasteiger partial charge in [0.05, 0.1) is 6.42 Å². The van der Waals surface area contributed by atoms with Crippen molar-refractivity contribution in [3.05, 3.63) is 28.2 Å². The molecule has 0 bridgehead atoms. The van der Waals surface area contributed by atoms with E-state index >= 15 is 0 Å². The molecule has 0 aliphatic rings. The lowest BCUT2D eigenvalue weighted by Crippen LogP contribution is -2.29. The Kier molecular flexibility index (Phi) is 4.91. The molecule has 0 saturated heterocycles. The Hall–Kier alpha value is -0.740. The fourth-order valence-corrected chi connectivity index (χ4v) is 3.38. The second-order valence-electron chi connectivity index (χ2n) is 3.46. The van der Waals surface area contributed by atoms with E-state index in [1.54, 1.807) is 4.72 Å². The highest BCUT2D eigenvalue weighted by atomic mass is 79.9. The molecule has 0 aliphatic heterocycles. The van der Waals surface area contributed by atoms with Crippen LogP contribution in [0.1, 0.15) is 6.42 Å². The molecule has 0 atom stereocenters. The second kappa shape index (κ2) is 5.71. The molecular weight excluding hydrogens is 361 g/mol. The third kappa shape index (κ3) is 4.69. The molecule has 1 rings (SSSR count). The summed E-state index contributed by atoms with van der Waals surface area (Å²) in [4.78, 5) is -0.934. The summed E-state index contributed by atoms with van der Waals surface area (Å²) in [5.41, 5.74) is 0. The van der Waals surface area contributed by atoms with Crippen LogP contribution in [0, 0.1) is 11.6 Å². The van der Waals surface area contributed by atoms with Crippen molar-refractivity contribution < 1.29 is 30.4 Å². The predicted molar refractivity (Wildman–Crippen MR) is 59.9 cm³/mol. The summed E-state index contributed by atoms with van der Waals surface area (Å²) >= 11 is 2.64. The zero-order valence-electron chi connectivity index (χ0n) is 9.06. The molecule has 0 spiro atoms. The Morgan fingerprint density at radius 3 is 2.26 bits per heavy atom. The average Bonchev–Trinajstić information content (AvgIpc) is 2.11. The standard InChI is InChI=1S/C9H7BrF5NO2S/c10-6-3-5(11)4-7(12)8(6)19(17,18)16-2-1-9(13,14)15/h3-4,16H,1-2H2. The minimum atomic E-state index is -4.54. The van der Waals surface area contributed by atoms with Gasteiger partial charge in [0.1, 0.15) is 16.5 Å². The molecule has 1 aromatic carbocycles. The molecule has 1 N–H and O–H groups in total. The molecule has 0 unspecified atom stereocenters. The lowest BCUT2D eigenvalue weighted by molar-refractivity contribution is -0.132. The van der Waals surface area contributed by atoms with Crippen molar-refractivity contribution >= 4 is 26.0 Å². The van der Waals surface area contributed by atoms with Crippen LogP contribution in [0.25, 0.3) is 0 Å². The fourth-order valence-electron chi connectivity index (χ4n) is 1.18. The Morgan fingerprint density at radius 1 is 1.21 bits per heavy atom. The number of rotatable bonds is 4. The second-order valence-corrected chi connectivity index (χ2v) is 6.02. The normalized spacial score (nSPS) is 12.7. The number of sulfonamides is 1. The van der Waals surface area contributed by atoms with Crippen molar-refractivity contribution in [2.75, 3.05) is 6.54 Å². The lowest BCUT2D eigenvalue weighted by atomic mass is 10.3. The van der Waals surface area contributed by atoms with Crippen molar-refractivity contribution in [1.29, 1.82) is 0 Å². The Bertz CT molecular complexity index is 549. The molecule has 0 amide bonds. The molecule has 0 heterocycles. The van der Waals surface area contributed by atoms with E-state index in [4.69, 9.17) is 0 Å². The van der Waals surface area contributed by atoms with Gasteiger partial charge < -0.3 is 0 Å². The van der Waals surface area contributed by atoms with Crippen LogP contribution < -0.4 is 4.72 Å². The SMILES string of the molecule is O=S(=O)(NCCC(F)(F)F)c1c(F)cc(F)cc1Br. The van der Waals surface area contributed by atoms with E-state index in [2.05, 4.69) is 15.9 Å². The van der Waals surface area contributed by atoms with Gasteiger partial charge in [-0.1, -0.05) is 0 Å². The van der Waals surface area contributed by atoms with Gasteiger partial charge in [0.25, 0.3) is 0 Å². The van der Waals surface area contributed by atoms with E-state index in [-0.39, 0.29) is 0 Å². The molecule has 108 valence electrons. The van der Waals surface area contributed by atoms with Crippen LogP contribution in [-0.4, -0.2) is 21.1 Å². The van der Waals surface area contributed by atoms with Gasteiger partial charge in [-0.3, -0.25) is 0 Å². The Morgan fingerprint density at radius 2 is 1.79 bits per heavy atom. The molecule has 19 heavy (non-hydrogen) atoms. The van der Waals surface area contributed by atoms with Crippen LogP contribution in [0.4, 0.5) is 22.0 Å². The van der Waals surface area contributed by atoms with Crippen molar-refractivity contribution in [2.45, 2.75) is 17.5 Å². The van der Waals surface area contributed by atoms with E-state index in [1.165, 1.54) is 0 Å². The van der Waals surface area contributed by atoms with Crippen LogP contribution >= 0.6 is 15.9 Å². The van der Waals surface area contributed by atoms with Crippen molar-refractivity contribution in [1.82, 2.24) is 4.72 Å². The molecule has 0 aliphatic carbocycles. The van der Waals surface area contributed by atoms with E-state index in [0.717, 1.165) is 0 Å². The van der Waals surface area contributed by atoms with Gasteiger partial charge in [-0.05, 0) is 22.0 Å². The summed E-state index contributed by atoms with van der Waals surface area (Å²) in [6, 6.07) is 1.02. The highest BCUT2D eigenvalue weighted by molar-refractivity contribution is 9.10. The van der Waals surface area contributed by atoms with E-state index < -0.39 is 50.2 Å². The van der Waals surface area contributed by atoms with E-state index in [1.807, 2.05) is 0 Å². The largest absolute Gasteiger partial charge is 0.390 e. The van der Waals surface area contributed by atoms with Gasteiger partial charge in [-0.15, -0.1) is 0 Å². The molecule has 0 aromatic heterocycles. The Labute approximate surface area is 114 Å². The quantitative estimate of drug-likeness (QED) is 0.831. The van der Waals surface area contributed by atoms with Gasteiger partial charge >= 0.3 is 6.18 Å². The molecule has 1 aromatic rings. The van der Waals surface area contributed by atoms with Crippen molar-refractivity contribution in [3.63, 3.8) is 0 Å². The first-order valence-corrected chi connectivity index (χ1v) is 7.01. The zero-order valence-corrected chi connectivity index (χ0v) is 11.5. The number of alkyl halides is 3. The summed E-state index contributed by atoms with van der Waals surface area (Å²) in [6.07, 6.45) is -5.94. The van der Waals surface area contributed by atoms with Crippen LogP contribution in [0.2, 0.25) is 0 Å². The smallest absolute Gasteiger partial charge is 0.211 e. The summed E-state index contributed by atoms with van der Waals surface area (Å²) in [7, 11) is -4.50. The summed E-state index contributed by atoms with van der Waals surface area (Å²) in [5.74, 6) is -2.41. The van der Waals surface area contributed by atoms with Crippen LogP contribution in [-0.2, 0) is 10.0 Å². The summed E-state index contributed by atoms with van der Waals surface area (Å²) in [6.45, 7) is -0.935. The van der Waals surface area contributed by atoms with E-state index in [9.17, 15) is 30.4 Å². The number of halogens is 6. The van der Waals surface area contributed by atoms with Crippen molar-refractivity contribution in [2.24, 2.45) is 0 Å². The first-order chi connectivity index (χ1) is 8.53. The number of hydrogen-bond donors (Lipinski definition) is 1. The highest BCUT2D eigenvalue weighted by Gasteiger charge is 2.29. The maximum absolute atomic E-state index is 13.4. The topological polar surface area (TPSA) is 46.2 Å². The minimum Gasteiger partial charge on any atom is -0.211 e. The van der Waals surface area contributed by atoms with Gasteiger partial charge in [0.2, 0.25) is 10.0 Å². The minimum absolute atomic E-state index is 0.323. The van der Waals surface area contributed by atoms with Gasteiger partial charge in [-0.2, -0.15) is 13.2 Å². The highest BCUT2D eigenvalue weighted by Crippen LogP contribution is 2.26. The lowest BCUT2D eigenvalue weighted by Gasteiger charge is -2.10. The maximum Gasteiger partial charge on any atom is 0.390 e. The van der Waals surface area contributed by atoms with Gasteiger partial charge in [0, 0.05) is 17.1 Å². The average molecular weight is 368 g/mol. The Balaban J connectivity index is 2.96. The first kappa shape index (κ1) is 16.3. The molecule has 0 saturated carbocycles. The monoisotopic (exact) mass is 367 g/mol. The molecule has 0 fully saturated rings. The maximum atomic E-state index is 13.4. The number of hydrogen-bond acceptors (Lipinski definition) is 2.